The van der Waals surface area contributed by atoms with Crippen molar-refractivity contribution in [3.05, 3.63) is 112 Å². The second kappa shape index (κ2) is 13.6. The summed E-state index contributed by atoms with van der Waals surface area (Å²) in [5, 5.41) is 24.7. The molecule has 1 aliphatic heterocycles. The lowest BCUT2D eigenvalue weighted by atomic mass is 9.83. The van der Waals surface area contributed by atoms with E-state index in [0.29, 0.717) is 41.1 Å². The maximum atomic E-state index is 13.7. The third-order valence-electron chi connectivity index (χ3n) is 9.02. The normalized spacial score (nSPS) is 21.4. The van der Waals surface area contributed by atoms with E-state index in [9.17, 15) is 41.4 Å². The van der Waals surface area contributed by atoms with Gasteiger partial charge in [-0.2, -0.15) is 31.4 Å². The molecule has 4 atom stereocenters. The number of aliphatic carboxylic acids is 1. The summed E-state index contributed by atoms with van der Waals surface area (Å²) in [6.07, 6.45) is -4.90. The highest BCUT2D eigenvalue weighted by atomic mass is 19.4. The molecule has 1 aliphatic carbocycles. The van der Waals surface area contributed by atoms with Crippen LogP contribution in [0.5, 0.6) is 5.75 Å². The maximum Gasteiger partial charge on any atom is 0.416 e. The third-order valence-corrected chi connectivity index (χ3v) is 9.02. The van der Waals surface area contributed by atoms with Gasteiger partial charge in [0.25, 0.3) is 5.95 Å². The van der Waals surface area contributed by atoms with E-state index in [-0.39, 0.29) is 30.1 Å². The van der Waals surface area contributed by atoms with Gasteiger partial charge >= 0.3 is 18.3 Å². The topological polar surface area (TPSA) is 123 Å². The van der Waals surface area contributed by atoms with Crippen LogP contribution in [0.4, 0.5) is 26.3 Å². The van der Waals surface area contributed by atoms with Gasteiger partial charge in [0.15, 0.2) is 0 Å². The number of hydrogen-bond acceptors (Lipinski definition) is 8. The summed E-state index contributed by atoms with van der Waals surface area (Å²) in [6, 6.07) is 7.41. The van der Waals surface area contributed by atoms with Crippen molar-refractivity contribution in [2.45, 2.75) is 63.6 Å². The summed E-state index contributed by atoms with van der Waals surface area (Å²) in [4.78, 5) is 22.1. The fourth-order valence-corrected chi connectivity index (χ4v) is 6.38. The van der Waals surface area contributed by atoms with Crippen LogP contribution in [0.1, 0.15) is 60.2 Å². The van der Waals surface area contributed by atoms with E-state index in [2.05, 4.69) is 10.1 Å². The van der Waals surface area contributed by atoms with E-state index < -0.39 is 53.6 Å². The van der Waals surface area contributed by atoms with Crippen molar-refractivity contribution in [3.63, 3.8) is 0 Å². The van der Waals surface area contributed by atoms with Gasteiger partial charge in [0.1, 0.15) is 11.9 Å². The molecule has 268 valence electrons. The van der Waals surface area contributed by atoms with Gasteiger partial charge in [-0.3, -0.25) is 0 Å². The predicted octanol–water partition coefficient (Wildman–Crippen LogP) is 7.06. The van der Waals surface area contributed by atoms with Crippen molar-refractivity contribution in [2.24, 2.45) is 0 Å². The molecule has 1 fully saturated rings. The molecule has 16 heteroatoms. The number of aliphatic hydroxyl groups excluding tert-OH is 1. The molecule has 3 heterocycles. The van der Waals surface area contributed by atoms with Crippen molar-refractivity contribution in [1.29, 1.82) is 0 Å². The molecule has 0 spiro atoms. The number of carbonyl (C=O) groups is 1. The van der Waals surface area contributed by atoms with Crippen LogP contribution in [0.15, 0.2) is 84.4 Å². The quantitative estimate of drug-likeness (QED) is 0.185. The van der Waals surface area contributed by atoms with E-state index in [1.807, 2.05) is 19.1 Å². The minimum atomic E-state index is -5.07. The molecular weight excluding hydrogens is 684 g/mol. The first-order valence-corrected chi connectivity index (χ1v) is 15.6. The Morgan fingerprint density at radius 1 is 1.04 bits per heavy atom. The number of halogens is 6. The Morgan fingerprint density at radius 3 is 2.33 bits per heavy atom. The summed E-state index contributed by atoms with van der Waals surface area (Å²) in [5.41, 5.74) is -0.232. The molecule has 0 bridgehead atoms. The average molecular weight is 716 g/mol. The van der Waals surface area contributed by atoms with Gasteiger partial charge in [0.2, 0.25) is 6.41 Å². The zero-order valence-corrected chi connectivity index (χ0v) is 27.3. The molecule has 2 aromatic carbocycles. The molecule has 51 heavy (non-hydrogen) atoms. The second-order valence-corrected chi connectivity index (χ2v) is 12.2. The number of allylic oxidation sites excluding steroid dienone is 2. The first kappa shape index (κ1) is 35.8. The lowest BCUT2D eigenvalue weighted by Crippen LogP contribution is -2.35. The van der Waals surface area contributed by atoms with Crippen LogP contribution < -0.4 is 4.74 Å². The molecule has 1 saturated heterocycles. The zero-order valence-electron chi connectivity index (χ0n) is 27.3. The average Bonchev–Trinajstić information content (AvgIpc) is 3.72. The van der Waals surface area contributed by atoms with Gasteiger partial charge in [0.05, 0.1) is 29.5 Å². The molecule has 2 aromatic heterocycles. The monoisotopic (exact) mass is 715 g/mol. The van der Waals surface area contributed by atoms with E-state index in [4.69, 9.17) is 14.5 Å². The highest BCUT2D eigenvalue weighted by Crippen LogP contribution is 2.43. The molecule has 4 aromatic rings. The highest BCUT2D eigenvalue weighted by molar-refractivity contribution is 5.90. The third kappa shape index (κ3) is 7.25. The smallest absolute Gasteiger partial charge is 0.416 e. The van der Waals surface area contributed by atoms with Gasteiger partial charge in [-0.1, -0.05) is 17.7 Å². The summed E-state index contributed by atoms with van der Waals surface area (Å²) in [5.74, 6) is -0.602. The number of aromatic nitrogens is 4. The van der Waals surface area contributed by atoms with Crippen LogP contribution in [-0.4, -0.2) is 60.4 Å². The Morgan fingerprint density at radius 2 is 1.75 bits per heavy atom. The molecule has 0 radical (unpaired) electrons. The fourth-order valence-electron chi connectivity index (χ4n) is 6.38. The molecule has 2 aliphatic rings. The number of rotatable bonds is 8. The van der Waals surface area contributed by atoms with E-state index in [1.54, 1.807) is 30.5 Å². The minimum absolute atomic E-state index is 0.0365. The molecule has 0 saturated carbocycles. The minimum Gasteiger partial charge on any atom is -0.496 e. The standard InChI is InChI=1S/C35H31F6N5O5/c1-18-11-21(31(47)48)5-7-25(18)20-6-8-29(50-3)26(14-20)27-16-42-32(46-10-4-9-43-46)44-28(27)17-45-19(2)30(51-33(45)49)22-12-23(34(36,37)38)15-24(13-22)35(39,40)41/h4-6,8-16,19,25,30,33,49H,7,17H2,1-3H3,(H,47,48). The summed E-state index contributed by atoms with van der Waals surface area (Å²) >= 11 is 0. The number of benzene rings is 2. The lowest BCUT2D eigenvalue weighted by molar-refractivity contribution is -0.154. The van der Waals surface area contributed by atoms with Crippen LogP contribution in [0.2, 0.25) is 0 Å². The van der Waals surface area contributed by atoms with Crippen LogP contribution in [-0.2, 0) is 28.4 Å². The van der Waals surface area contributed by atoms with Gasteiger partial charge in [0, 0.05) is 48.2 Å². The number of ether oxygens (including phenoxy) is 2. The molecule has 0 amide bonds. The summed E-state index contributed by atoms with van der Waals surface area (Å²) < 4.78 is 94.7. The van der Waals surface area contributed by atoms with Crippen LogP contribution in [0.25, 0.3) is 17.1 Å². The van der Waals surface area contributed by atoms with E-state index in [1.165, 1.54) is 36.0 Å². The second-order valence-electron chi connectivity index (χ2n) is 12.2. The van der Waals surface area contributed by atoms with Gasteiger partial charge < -0.3 is 19.7 Å². The molecule has 2 N–H and O–H groups in total. The van der Waals surface area contributed by atoms with Crippen LogP contribution >= 0.6 is 0 Å². The summed E-state index contributed by atoms with van der Waals surface area (Å²) in [6.45, 7) is 3.17. The Bertz CT molecular complexity index is 1980. The number of methoxy groups -OCH3 is 1. The number of nitrogens with zero attached hydrogens (tertiary/aromatic N) is 5. The number of hydrogen-bond donors (Lipinski definition) is 2. The SMILES string of the molecule is COc1ccc(C2CC=C(C(=O)O)C=C2C)cc1-c1cnc(-n2cccn2)nc1CN1C(O)OC(c2cc(C(F)(F)F)cc(C(F)(F)F)c2)C1C. The molecule has 10 nitrogen and oxygen atoms in total. The van der Waals surface area contributed by atoms with Crippen LogP contribution in [0, 0.1) is 0 Å². The van der Waals surface area contributed by atoms with Crippen molar-refractivity contribution >= 4 is 5.97 Å². The van der Waals surface area contributed by atoms with Gasteiger partial charge in [-0.25, -0.2) is 24.3 Å². The number of carboxylic acid groups (broad SMARTS) is 1. The lowest BCUT2D eigenvalue weighted by Gasteiger charge is -2.26. The molecular formula is C35H31F6N5O5. The fraction of sp³-hybridized carbons (Fsp3) is 0.314. The maximum absolute atomic E-state index is 13.7. The Hall–Kier alpha value is -5.06. The molecule has 4 unspecified atom stereocenters. The van der Waals surface area contributed by atoms with Crippen molar-refractivity contribution in [3.8, 4) is 22.8 Å². The van der Waals surface area contributed by atoms with Crippen molar-refractivity contribution in [1.82, 2.24) is 24.6 Å². The van der Waals surface area contributed by atoms with Gasteiger partial charge in [-0.15, -0.1) is 0 Å². The number of alkyl halides is 6. The van der Waals surface area contributed by atoms with Crippen molar-refractivity contribution < 1.29 is 50.8 Å². The van der Waals surface area contributed by atoms with Crippen molar-refractivity contribution in [2.75, 3.05) is 7.11 Å². The summed E-state index contributed by atoms with van der Waals surface area (Å²) in [7, 11) is 1.47. The molecule has 6 rings (SSSR count). The van der Waals surface area contributed by atoms with E-state index in [0.717, 1.165) is 11.1 Å². The van der Waals surface area contributed by atoms with E-state index >= 15 is 0 Å². The zero-order chi connectivity index (χ0) is 36.8. The van der Waals surface area contributed by atoms with Gasteiger partial charge in [-0.05, 0) is 73.9 Å². The largest absolute Gasteiger partial charge is 0.496 e. The predicted molar refractivity (Wildman–Crippen MR) is 169 cm³/mol. The first-order chi connectivity index (χ1) is 24.0. The number of carboxylic acids is 1. The Balaban J connectivity index is 1.40. The first-order valence-electron chi connectivity index (χ1n) is 15.6. The Labute approximate surface area is 287 Å². The highest BCUT2D eigenvalue weighted by Gasteiger charge is 2.43. The number of aliphatic hydroxyl groups is 1. The Kier molecular flexibility index (Phi) is 9.52. The van der Waals surface area contributed by atoms with Crippen LogP contribution in [0.3, 0.4) is 0 Å².